The molecule has 0 radical (unpaired) electrons. The van der Waals surface area contributed by atoms with E-state index in [1.807, 2.05) is 31.2 Å². The summed E-state index contributed by atoms with van der Waals surface area (Å²) >= 11 is 4.18. The van der Waals surface area contributed by atoms with Crippen LogP contribution in [0.4, 0.5) is 0 Å². The van der Waals surface area contributed by atoms with Gasteiger partial charge in [0.25, 0.3) is 6.47 Å². The Morgan fingerprint density at radius 2 is 2.08 bits per heavy atom. The Kier molecular flexibility index (Phi) is 3.83. The minimum Gasteiger partial charge on any atom is -0.465 e. The summed E-state index contributed by atoms with van der Waals surface area (Å²) in [6, 6.07) is 7.80. The van der Waals surface area contributed by atoms with E-state index in [0.29, 0.717) is 6.47 Å². The summed E-state index contributed by atoms with van der Waals surface area (Å²) in [5, 5.41) is 0. The van der Waals surface area contributed by atoms with Gasteiger partial charge in [-0.2, -0.15) is 0 Å². The lowest BCUT2D eigenvalue weighted by Gasteiger charge is -2.08. The van der Waals surface area contributed by atoms with Gasteiger partial charge in [-0.1, -0.05) is 12.1 Å². The molecule has 1 unspecified atom stereocenters. The van der Waals surface area contributed by atoms with Crippen molar-refractivity contribution >= 4 is 19.1 Å². The molecule has 3 heteroatoms. The highest BCUT2D eigenvalue weighted by Crippen LogP contribution is 2.10. The van der Waals surface area contributed by atoms with Gasteiger partial charge in [0.1, 0.15) is 6.10 Å². The van der Waals surface area contributed by atoms with Gasteiger partial charge in [0.15, 0.2) is 0 Å². The highest BCUT2D eigenvalue weighted by molar-refractivity contribution is 7.80. The van der Waals surface area contributed by atoms with Crippen LogP contribution >= 0.6 is 12.6 Å². The molecule has 1 rings (SSSR count). The van der Waals surface area contributed by atoms with Crippen LogP contribution in [-0.2, 0) is 16.0 Å². The molecule has 0 spiro atoms. The van der Waals surface area contributed by atoms with Gasteiger partial charge in [-0.05, 0) is 24.6 Å². The number of hydrogen-bond donors (Lipinski definition) is 1. The van der Waals surface area contributed by atoms with E-state index in [1.54, 1.807) is 0 Å². The van der Waals surface area contributed by atoms with Gasteiger partial charge < -0.3 is 4.74 Å². The molecule has 0 saturated heterocycles. The van der Waals surface area contributed by atoms with Crippen LogP contribution in [0.25, 0.3) is 0 Å². The first-order valence-electron chi connectivity index (χ1n) is 4.09. The summed E-state index contributed by atoms with van der Waals surface area (Å²) in [6.07, 6.45) is 0.676. The Labute approximate surface area is 83.3 Å². The molecule has 0 heterocycles. The molecular formula is C10H12O2S. The van der Waals surface area contributed by atoms with Crippen molar-refractivity contribution in [1.82, 2.24) is 0 Å². The maximum Gasteiger partial charge on any atom is 0.293 e. The molecule has 70 valence electrons. The number of carbonyl (C=O) groups excluding carboxylic acids is 1. The monoisotopic (exact) mass is 196 g/mol. The molecule has 0 aliphatic heterocycles. The van der Waals surface area contributed by atoms with Crippen molar-refractivity contribution in [2.24, 2.45) is 0 Å². The molecule has 13 heavy (non-hydrogen) atoms. The first kappa shape index (κ1) is 10.1. The number of thiol groups is 1. The highest BCUT2D eigenvalue weighted by atomic mass is 32.1. The molecule has 1 aromatic carbocycles. The van der Waals surface area contributed by atoms with Crippen LogP contribution in [0, 0.1) is 0 Å². The molecule has 0 aliphatic rings. The molecular weight excluding hydrogens is 184 g/mol. The third-order valence-electron chi connectivity index (χ3n) is 1.75. The van der Waals surface area contributed by atoms with E-state index >= 15 is 0 Å². The molecule has 0 aliphatic carbocycles. The zero-order valence-corrected chi connectivity index (χ0v) is 8.33. The van der Waals surface area contributed by atoms with Gasteiger partial charge >= 0.3 is 0 Å². The van der Waals surface area contributed by atoms with Crippen LogP contribution in [-0.4, -0.2) is 12.6 Å². The minimum absolute atomic E-state index is 0.0664. The third-order valence-corrected chi connectivity index (χ3v) is 2.05. The number of hydrogen-bond acceptors (Lipinski definition) is 3. The molecule has 0 amide bonds. The molecule has 0 aromatic heterocycles. The molecule has 2 nitrogen and oxygen atoms in total. The maximum atomic E-state index is 10.0. The molecule has 1 aromatic rings. The fourth-order valence-corrected chi connectivity index (χ4v) is 1.26. The van der Waals surface area contributed by atoms with Crippen molar-refractivity contribution in [3.8, 4) is 0 Å². The average molecular weight is 196 g/mol. The summed E-state index contributed by atoms with van der Waals surface area (Å²) in [6.45, 7) is 2.35. The van der Waals surface area contributed by atoms with E-state index in [1.165, 1.54) is 0 Å². The Hall–Kier alpha value is -0.960. The van der Waals surface area contributed by atoms with Gasteiger partial charge in [-0.15, -0.1) is 12.6 Å². The maximum absolute atomic E-state index is 10.0. The SMILES string of the molecule is CC(Cc1ccc(S)cc1)OC=O. The lowest BCUT2D eigenvalue weighted by atomic mass is 10.1. The van der Waals surface area contributed by atoms with E-state index in [-0.39, 0.29) is 6.10 Å². The van der Waals surface area contributed by atoms with E-state index < -0.39 is 0 Å². The van der Waals surface area contributed by atoms with Crippen molar-refractivity contribution < 1.29 is 9.53 Å². The summed E-state index contributed by atoms with van der Waals surface area (Å²) in [5.74, 6) is 0. The Morgan fingerprint density at radius 3 is 2.62 bits per heavy atom. The molecule has 0 saturated carbocycles. The summed E-state index contributed by atoms with van der Waals surface area (Å²) in [4.78, 5) is 11.0. The van der Waals surface area contributed by atoms with E-state index in [9.17, 15) is 4.79 Å². The lowest BCUT2D eigenvalue weighted by molar-refractivity contribution is -0.132. The topological polar surface area (TPSA) is 26.3 Å². The van der Waals surface area contributed by atoms with E-state index in [4.69, 9.17) is 4.74 Å². The van der Waals surface area contributed by atoms with Crippen molar-refractivity contribution in [2.45, 2.75) is 24.3 Å². The molecule has 0 fully saturated rings. The van der Waals surface area contributed by atoms with Crippen LogP contribution in [0.3, 0.4) is 0 Å². The number of rotatable bonds is 4. The van der Waals surface area contributed by atoms with Gasteiger partial charge in [-0.25, -0.2) is 0 Å². The van der Waals surface area contributed by atoms with Crippen LogP contribution in [0.1, 0.15) is 12.5 Å². The van der Waals surface area contributed by atoms with E-state index in [0.717, 1.165) is 16.9 Å². The van der Waals surface area contributed by atoms with Crippen LogP contribution in [0.2, 0.25) is 0 Å². The van der Waals surface area contributed by atoms with Gasteiger partial charge in [0.05, 0.1) is 0 Å². The Morgan fingerprint density at radius 1 is 1.46 bits per heavy atom. The first-order chi connectivity index (χ1) is 6.22. The number of carbonyl (C=O) groups is 1. The zero-order valence-electron chi connectivity index (χ0n) is 7.43. The number of ether oxygens (including phenoxy) is 1. The average Bonchev–Trinajstić information content (AvgIpc) is 2.09. The standard InChI is InChI=1S/C10H12O2S/c1-8(12-7-11)6-9-2-4-10(13)5-3-9/h2-5,7-8,13H,6H2,1H3. The van der Waals surface area contributed by atoms with Crippen LogP contribution < -0.4 is 0 Å². The molecule has 0 N–H and O–H groups in total. The van der Waals surface area contributed by atoms with Gasteiger partial charge in [-0.3, -0.25) is 4.79 Å². The quantitative estimate of drug-likeness (QED) is 0.589. The fraction of sp³-hybridized carbons (Fsp3) is 0.300. The van der Waals surface area contributed by atoms with Crippen molar-refractivity contribution in [3.05, 3.63) is 29.8 Å². The Bertz CT molecular complexity index is 269. The predicted octanol–water partition coefficient (Wildman–Crippen LogP) is 2.08. The second-order valence-electron chi connectivity index (χ2n) is 2.91. The van der Waals surface area contributed by atoms with Crippen LogP contribution in [0.5, 0.6) is 0 Å². The second-order valence-corrected chi connectivity index (χ2v) is 3.43. The highest BCUT2D eigenvalue weighted by Gasteiger charge is 2.02. The smallest absolute Gasteiger partial charge is 0.293 e. The largest absolute Gasteiger partial charge is 0.465 e. The molecule has 0 bridgehead atoms. The van der Waals surface area contributed by atoms with Gasteiger partial charge in [0, 0.05) is 11.3 Å². The second kappa shape index (κ2) is 4.92. The summed E-state index contributed by atoms with van der Waals surface area (Å²) < 4.78 is 4.78. The zero-order chi connectivity index (χ0) is 9.68. The van der Waals surface area contributed by atoms with E-state index in [2.05, 4.69) is 12.6 Å². The third kappa shape index (κ3) is 3.51. The predicted molar refractivity (Wildman–Crippen MR) is 54.0 cm³/mol. The fourth-order valence-electron chi connectivity index (χ4n) is 1.11. The normalized spacial score (nSPS) is 12.2. The van der Waals surface area contributed by atoms with Gasteiger partial charge in [0.2, 0.25) is 0 Å². The number of benzene rings is 1. The first-order valence-corrected chi connectivity index (χ1v) is 4.54. The lowest BCUT2D eigenvalue weighted by Crippen LogP contribution is -2.10. The van der Waals surface area contributed by atoms with Crippen molar-refractivity contribution in [3.63, 3.8) is 0 Å². The van der Waals surface area contributed by atoms with Crippen molar-refractivity contribution in [2.75, 3.05) is 0 Å². The summed E-state index contributed by atoms with van der Waals surface area (Å²) in [5.41, 5.74) is 1.15. The van der Waals surface area contributed by atoms with Crippen molar-refractivity contribution in [1.29, 1.82) is 0 Å². The molecule has 1 atom stereocenters. The Balaban J connectivity index is 2.53. The van der Waals surface area contributed by atoms with Crippen LogP contribution in [0.15, 0.2) is 29.2 Å². The summed E-state index contributed by atoms with van der Waals surface area (Å²) in [7, 11) is 0. The minimum atomic E-state index is -0.0664.